The number of hydrogen-bond acceptors (Lipinski definition) is 13. The minimum Gasteiger partial charge on any atom is -0.449 e. The van der Waals surface area contributed by atoms with Crippen LogP contribution in [0.15, 0.2) is 0 Å². The molecule has 3 heterocycles. The van der Waals surface area contributed by atoms with Crippen LogP contribution in [0.4, 0.5) is 14.4 Å². The molecule has 19 nitrogen and oxygen atoms in total. The van der Waals surface area contributed by atoms with Gasteiger partial charge in [-0.1, -0.05) is 82.9 Å². The maximum Gasteiger partial charge on any atom is 0.407 e. The van der Waals surface area contributed by atoms with Crippen molar-refractivity contribution in [2.75, 3.05) is 52.7 Å². The van der Waals surface area contributed by atoms with Crippen molar-refractivity contribution in [2.45, 2.75) is 230 Å². The van der Waals surface area contributed by atoms with Crippen molar-refractivity contribution in [3.63, 3.8) is 0 Å². The number of nitrogens with zero attached hydrogens (tertiary/aromatic N) is 9. The first-order valence-corrected chi connectivity index (χ1v) is 33.0. The van der Waals surface area contributed by atoms with Gasteiger partial charge in [-0.15, -0.1) is 15.3 Å². The average molecular weight is 1160 g/mol. The predicted molar refractivity (Wildman–Crippen MR) is 323 cm³/mol. The van der Waals surface area contributed by atoms with E-state index in [1.807, 2.05) is 0 Å². The summed E-state index contributed by atoms with van der Waals surface area (Å²) in [6.45, 7) is 31.1. The summed E-state index contributed by atoms with van der Waals surface area (Å²) in [5, 5.41) is 34.8. The predicted octanol–water partition coefficient (Wildman–Crippen LogP) is 12.1. The van der Waals surface area contributed by atoms with E-state index in [0.717, 1.165) is 127 Å². The first-order valence-electron chi connectivity index (χ1n) is 33.0. The monoisotopic (exact) mass is 1160 g/mol. The van der Waals surface area contributed by atoms with E-state index < -0.39 is 0 Å². The van der Waals surface area contributed by atoms with Gasteiger partial charge < -0.3 is 34.9 Å². The zero-order valence-corrected chi connectivity index (χ0v) is 53.3. The van der Waals surface area contributed by atoms with Crippen molar-refractivity contribution in [3.8, 4) is 0 Å². The lowest BCUT2D eigenvalue weighted by Crippen LogP contribution is -2.28. The van der Waals surface area contributed by atoms with Crippen molar-refractivity contribution in [3.05, 3.63) is 34.2 Å². The maximum absolute atomic E-state index is 12.0. The number of carbonyl (C=O) groups excluding carboxylic acids is 3. The third kappa shape index (κ3) is 20.1. The van der Waals surface area contributed by atoms with Gasteiger partial charge in [-0.3, -0.25) is 0 Å². The number of amides is 3. The van der Waals surface area contributed by atoms with E-state index in [2.05, 4.69) is 144 Å². The number of unbranched alkanes of at least 4 members (excludes halogenated alkanes) is 3. The molecule has 3 aromatic rings. The van der Waals surface area contributed by atoms with Gasteiger partial charge in [0, 0.05) is 44.4 Å². The fourth-order valence-corrected chi connectivity index (χ4v) is 13.6. The Kier molecular flexibility index (Phi) is 25.8. The van der Waals surface area contributed by atoms with Gasteiger partial charge in [0.25, 0.3) is 0 Å². The number of hydrogen-bond donors (Lipinski definition) is 3. The number of fused-ring (bicyclic) bond motifs is 6. The van der Waals surface area contributed by atoms with E-state index >= 15 is 0 Å². The summed E-state index contributed by atoms with van der Waals surface area (Å²) in [6.07, 6.45) is 21.4. The highest BCUT2D eigenvalue weighted by Crippen LogP contribution is 2.55. The number of aromatic nitrogens is 9. The van der Waals surface area contributed by atoms with Crippen LogP contribution in [-0.4, -0.2) is 116 Å². The van der Waals surface area contributed by atoms with Crippen LogP contribution in [0.25, 0.3) is 0 Å². The molecule has 0 aromatic carbocycles. The Hall–Kier alpha value is -4.81. The number of alkyl carbamates (subject to hydrolysis) is 3. The normalized spacial score (nSPS) is 23.9. The smallest absolute Gasteiger partial charge is 0.407 e. The third-order valence-corrected chi connectivity index (χ3v) is 18.7. The van der Waals surface area contributed by atoms with Crippen LogP contribution in [0.3, 0.4) is 0 Å². The molecule has 9 unspecified atom stereocenters. The van der Waals surface area contributed by atoms with E-state index in [1.54, 1.807) is 0 Å². The van der Waals surface area contributed by atoms with Gasteiger partial charge in [0.05, 0.1) is 60.6 Å². The van der Waals surface area contributed by atoms with Gasteiger partial charge in [0.2, 0.25) is 0 Å². The number of ether oxygens (including phenoxy) is 4. The highest BCUT2D eigenvalue weighted by molar-refractivity contribution is 5.67. The highest BCUT2D eigenvalue weighted by atomic mass is 16.6. The second kappa shape index (κ2) is 32.6. The number of carbonyl (C=O) groups is 3. The lowest BCUT2D eigenvalue weighted by atomic mass is 10.0. The van der Waals surface area contributed by atoms with E-state index in [-0.39, 0.29) is 18.3 Å². The Balaban J connectivity index is 0.000000179. The van der Waals surface area contributed by atoms with E-state index in [1.165, 1.54) is 54.2 Å². The summed E-state index contributed by atoms with van der Waals surface area (Å²) >= 11 is 0. The molecule has 0 radical (unpaired) electrons. The molecule has 3 aromatic heterocycles. The summed E-state index contributed by atoms with van der Waals surface area (Å²) < 4.78 is 28.2. The van der Waals surface area contributed by atoms with Crippen LogP contribution in [0.1, 0.15) is 225 Å². The molecule has 6 aliphatic rings. The SMILES string of the molecule is CC(C)CCCCCCNC(=O)OCC1C2CCc3nnn(C(C)C)c3CCC21.CC(C)CCCNC(=O)OCC1C2CCc3nnn(C(C)C)c3CCC21.CC(C)CCOCCNC(=O)OCC1C2CCc3nnn(C(C)C)c3CCC21. The fourth-order valence-electron chi connectivity index (χ4n) is 13.6. The molecule has 3 amide bonds. The molecule has 0 bridgehead atoms. The topological polar surface area (TPSA) is 216 Å². The molecule has 3 fully saturated rings. The third-order valence-electron chi connectivity index (χ3n) is 18.7. The Morgan fingerprint density at radius 1 is 0.410 bits per heavy atom. The van der Waals surface area contributed by atoms with Crippen LogP contribution in [0.5, 0.6) is 0 Å². The Morgan fingerprint density at radius 3 is 1.10 bits per heavy atom. The molecule has 19 heteroatoms. The molecule has 3 saturated carbocycles. The van der Waals surface area contributed by atoms with Gasteiger partial charge in [-0.05, 0) is 215 Å². The number of aryl methyl sites for hydroxylation is 3. The summed E-state index contributed by atoms with van der Waals surface area (Å²) in [7, 11) is 0. The van der Waals surface area contributed by atoms with Gasteiger partial charge in [-0.25, -0.2) is 28.4 Å². The molecule has 0 saturated heterocycles. The largest absolute Gasteiger partial charge is 0.449 e. The Labute approximate surface area is 498 Å². The van der Waals surface area contributed by atoms with Crippen molar-refractivity contribution in [1.29, 1.82) is 0 Å². The second-order valence-corrected chi connectivity index (χ2v) is 27.3. The average Bonchev–Trinajstić information content (AvgIpc) is 4.42. The first kappa shape index (κ1) is 65.7. The fraction of sp³-hybridized carbons (Fsp3) is 0.859. The van der Waals surface area contributed by atoms with Crippen LogP contribution in [0.2, 0.25) is 0 Å². The summed E-state index contributed by atoms with van der Waals surface area (Å²) in [4.78, 5) is 35.8. The second-order valence-electron chi connectivity index (χ2n) is 27.3. The molecule has 3 N–H and O–H groups in total. The molecule has 6 aliphatic carbocycles. The molecule has 0 spiro atoms. The lowest BCUT2D eigenvalue weighted by molar-refractivity contribution is 0.112. The zero-order valence-electron chi connectivity index (χ0n) is 53.3. The van der Waals surface area contributed by atoms with Crippen molar-refractivity contribution >= 4 is 18.3 Å². The number of nitrogens with one attached hydrogen (secondary N) is 3. The van der Waals surface area contributed by atoms with Crippen LogP contribution >= 0.6 is 0 Å². The van der Waals surface area contributed by atoms with Gasteiger partial charge in [0.15, 0.2) is 0 Å². The molecule has 468 valence electrons. The van der Waals surface area contributed by atoms with Gasteiger partial charge in [-0.2, -0.15) is 0 Å². The van der Waals surface area contributed by atoms with Crippen LogP contribution in [-0.2, 0) is 57.5 Å². The van der Waals surface area contributed by atoms with Crippen LogP contribution in [0, 0.1) is 71.0 Å². The van der Waals surface area contributed by atoms with Crippen molar-refractivity contribution in [1.82, 2.24) is 60.9 Å². The molecule has 0 aliphatic heterocycles. The van der Waals surface area contributed by atoms with Crippen molar-refractivity contribution in [2.24, 2.45) is 71.0 Å². The van der Waals surface area contributed by atoms with Crippen LogP contribution < -0.4 is 16.0 Å². The molecular formula is C64H110N12O7. The summed E-state index contributed by atoms with van der Waals surface area (Å²) in [5.41, 5.74) is 7.44. The first-order chi connectivity index (χ1) is 39.9. The molecule has 9 atom stereocenters. The lowest BCUT2D eigenvalue weighted by Gasteiger charge is -2.12. The van der Waals surface area contributed by atoms with Crippen molar-refractivity contribution < 1.29 is 33.3 Å². The quantitative estimate of drug-likeness (QED) is 0.0504. The van der Waals surface area contributed by atoms with Gasteiger partial charge >= 0.3 is 18.3 Å². The summed E-state index contributed by atoms with van der Waals surface area (Å²) in [6, 6.07) is 1.07. The standard InChI is InChI=1S/C23H40N4O2.C21H36N4O3.C20H34N4O2/c1-16(2)9-7-5-6-8-14-24-23(28)29-15-20-18-10-12-21-22(13-11-19(18)20)27(17(3)4)26-25-21;1-14(2)9-11-27-12-10-22-21(26)28-13-18-16-5-7-19-20(8-6-17(16)18)25(15(3)4)24-23-19;1-13(2)6-5-11-21-20(25)26-12-17-15-7-9-18-19(10-8-16(15)17)24(14(3)4)23-22-18/h16-20H,5-15H2,1-4H3,(H,24,28);14-18H,5-13H2,1-4H3,(H,22,26);13-17H,5-12H2,1-4H3,(H,21,25). The van der Waals surface area contributed by atoms with E-state index in [9.17, 15) is 14.4 Å². The van der Waals surface area contributed by atoms with E-state index in [4.69, 9.17) is 18.9 Å². The summed E-state index contributed by atoms with van der Waals surface area (Å²) in [5.74, 6) is 7.72. The number of rotatable bonds is 26. The molecular weight excluding hydrogens is 1050 g/mol. The maximum atomic E-state index is 12.0. The van der Waals surface area contributed by atoms with Gasteiger partial charge in [0.1, 0.15) is 0 Å². The molecule has 9 rings (SSSR count). The highest BCUT2D eigenvalue weighted by Gasteiger charge is 2.52. The Bertz CT molecular complexity index is 2430. The molecule has 83 heavy (non-hydrogen) atoms. The minimum absolute atomic E-state index is 0.244. The van der Waals surface area contributed by atoms with E-state index in [0.29, 0.717) is 123 Å². The Morgan fingerprint density at radius 2 is 0.735 bits per heavy atom. The minimum atomic E-state index is -0.327. The zero-order chi connectivity index (χ0) is 59.6.